The van der Waals surface area contributed by atoms with E-state index in [0.29, 0.717) is 25.9 Å². The van der Waals surface area contributed by atoms with E-state index in [1.807, 2.05) is 6.07 Å². The molecule has 1 aliphatic rings. The van der Waals surface area contributed by atoms with Crippen LogP contribution in [-0.2, 0) is 14.8 Å². The highest BCUT2D eigenvalue weighted by atomic mass is 32.2. The van der Waals surface area contributed by atoms with Crippen molar-refractivity contribution in [3.63, 3.8) is 0 Å². The Kier molecular flexibility index (Phi) is 6.13. The second-order valence-electron chi connectivity index (χ2n) is 5.39. The zero-order valence-corrected chi connectivity index (χ0v) is 13.7. The van der Waals surface area contributed by atoms with Gasteiger partial charge in [-0.3, -0.25) is 0 Å². The lowest BCUT2D eigenvalue weighted by molar-refractivity contribution is 0.0501. The summed E-state index contributed by atoms with van der Waals surface area (Å²) in [6.45, 7) is 1.19. The minimum atomic E-state index is -3.56. The number of ether oxygens (including phenoxy) is 1. The number of unbranched alkanes of at least 4 members (excludes halogenated alkanes) is 1. The van der Waals surface area contributed by atoms with Gasteiger partial charge in [-0.25, -0.2) is 13.2 Å². The number of carbonyl (C=O) groups is 1. The summed E-state index contributed by atoms with van der Waals surface area (Å²) in [4.78, 5) is 12.1. The first-order valence-electron chi connectivity index (χ1n) is 7.70. The van der Waals surface area contributed by atoms with Crippen LogP contribution in [0.5, 0.6) is 0 Å². The molecule has 0 spiro atoms. The first-order valence-corrected chi connectivity index (χ1v) is 9.14. The molecule has 0 saturated carbocycles. The lowest BCUT2D eigenvalue weighted by Crippen LogP contribution is -2.35. The molecule has 1 aromatic carbocycles. The number of benzene rings is 1. The summed E-state index contributed by atoms with van der Waals surface area (Å²) in [5.74, 6) is -0.571. The molecule has 1 fully saturated rings. The van der Waals surface area contributed by atoms with Crippen LogP contribution in [-0.4, -0.2) is 38.4 Å². The van der Waals surface area contributed by atoms with Crippen molar-refractivity contribution in [3.8, 4) is 6.07 Å². The maximum atomic E-state index is 12.6. The first kappa shape index (κ1) is 17.4. The van der Waals surface area contributed by atoms with Gasteiger partial charge in [0.25, 0.3) is 0 Å². The number of sulfonamides is 1. The molecule has 0 bridgehead atoms. The molecule has 0 aromatic heterocycles. The molecule has 23 heavy (non-hydrogen) atoms. The van der Waals surface area contributed by atoms with E-state index in [0.717, 1.165) is 19.3 Å². The summed E-state index contributed by atoms with van der Waals surface area (Å²) >= 11 is 0. The lowest BCUT2D eigenvalue weighted by Gasteiger charge is -2.25. The van der Waals surface area contributed by atoms with Gasteiger partial charge in [0.2, 0.25) is 10.0 Å². The topological polar surface area (TPSA) is 87.5 Å². The highest BCUT2D eigenvalue weighted by Crippen LogP contribution is 2.21. The SMILES string of the molecule is N#CCCCOC(=O)c1cccc(S(=O)(=O)N2CCCCC2)c1. The molecule has 2 rings (SSSR count). The normalized spacial score (nSPS) is 15.8. The Labute approximate surface area is 136 Å². The Balaban J connectivity index is 2.09. The third-order valence-electron chi connectivity index (χ3n) is 3.69. The molecule has 0 aliphatic carbocycles. The molecular weight excluding hydrogens is 316 g/mol. The van der Waals surface area contributed by atoms with Crippen LogP contribution in [0, 0.1) is 11.3 Å². The third kappa shape index (κ3) is 4.53. The molecule has 7 heteroatoms. The number of nitriles is 1. The smallest absolute Gasteiger partial charge is 0.338 e. The van der Waals surface area contributed by atoms with Gasteiger partial charge in [0, 0.05) is 19.5 Å². The summed E-state index contributed by atoms with van der Waals surface area (Å²) in [5.41, 5.74) is 0.208. The predicted molar refractivity (Wildman–Crippen MR) is 84.2 cm³/mol. The van der Waals surface area contributed by atoms with Crippen LogP contribution in [0.4, 0.5) is 0 Å². The van der Waals surface area contributed by atoms with E-state index in [-0.39, 0.29) is 17.1 Å². The summed E-state index contributed by atoms with van der Waals surface area (Å²) in [6.07, 6.45) is 3.55. The van der Waals surface area contributed by atoms with Crippen molar-refractivity contribution in [2.24, 2.45) is 0 Å². The summed E-state index contributed by atoms with van der Waals surface area (Å²) in [5, 5.41) is 8.44. The molecule has 0 unspecified atom stereocenters. The average molecular weight is 336 g/mol. The number of carbonyl (C=O) groups excluding carboxylic acids is 1. The third-order valence-corrected chi connectivity index (χ3v) is 5.58. The van der Waals surface area contributed by atoms with Gasteiger partial charge in [-0.15, -0.1) is 0 Å². The highest BCUT2D eigenvalue weighted by molar-refractivity contribution is 7.89. The van der Waals surface area contributed by atoms with E-state index in [2.05, 4.69) is 0 Å². The second-order valence-corrected chi connectivity index (χ2v) is 7.33. The van der Waals surface area contributed by atoms with Crippen LogP contribution in [0.3, 0.4) is 0 Å². The van der Waals surface area contributed by atoms with Gasteiger partial charge in [-0.1, -0.05) is 12.5 Å². The molecule has 1 aliphatic heterocycles. The van der Waals surface area contributed by atoms with Crippen LogP contribution >= 0.6 is 0 Å². The van der Waals surface area contributed by atoms with Gasteiger partial charge in [-0.2, -0.15) is 9.57 Å². The highest BCUT2D eigenvalue weighted by Gasteiger charge is 2.26. The van der Waals surface area contributed by atoms with Gasteiger partial charge >= 0.3 is 5.97 Å². The number of hydrogen-bond acceptors (Lipinski definition) is 5. The summed E-state index contributed by atoms with van der Waals surface area (Å²) < 4.78 is 31.7. The fourth-order valence-electron chi connectivity index (χ4n) is 2.44. The van der Waals surface area contributed by atoms with Crippen LogP contribution in [0.1, 0.15) is 42.5 Å². The molecule has 1 aromatic rings. The Hall–Kier alpha value is -1.91. The predicted octanol–water partition coefficient (Wildman–Crippen LogP) is 2.32. The van der Waals surface area contributed by atoms with Crippen molar-refractivity contribution < 1.29 is 17.9 Å². The number of nitrogens with zero attached hydrogens (tertiary/aromatic N) is 2. The largest absolute Gasteiger partial charge is 0.462 e. The van der Waals surface area contributed by atoms with Crippen molar-refractivity contribution in [2.45, 2.75) is 37.0 Å². The lowest BCUT2D eigenvalue weighted by atomic mass is 10.2. The molecule has 0 atom stereocenters. The molecular formula is C16H20N2O4S. The first-order chi connectivity index (χ1) is 11.1. The fraction of sp³-hybridized carbons (Fsp3) is 0.500. The second kappa shape index (κ2) is 8.09. The number of esters is 1. The van der Waals surface area contributed by atoms with E-state index >= 15 is 0 Å². The summed E-state index contributed by atoms with van der Waals surface area (Å²) in [6, 6.07) is 7.90. The maximum absolute atomic E-state index is 12.6. The monoisotopic (exact) mass is 336 g/mol. The van der Waals surface area contributed by atoms with Crippen molar-refractivity contribution >= 4 is 16.0 Å². The fourth-order valence-corrected chi connectivity index (χ4v) is 4.00. The zero-order chi connectivity index (χ0) is 16.7. The molecule has 0 radical (unpaired) electrons. The van der Waals surface area contributed by atoms with Crippen LogP contribution in [0.15, 0.2) is 29.2 Å². The molecule has 124 valence electrons. The van der Waals surface area contributed by atoms with Crippen LogP contribution in [0.25, 0.3) is 0 Å². The van der Waals surface area contributed by atoms with E-state index in [1.54, 1.807) is 6.07 Å². The van der Waals surface area contributed by atoms with Gasteiger partial charge in [0.1, 0.15) is 0 Å². The Morgan fingerprint density at radius 3 is 2.70 bits per heavy atom. The Morgan fingerprint density at radius 1 is 1.26 bits per heavy atom. The van der Waals surface area contributed by atoms with E-state index in [9.17, 15) is 13.2 Å². The Bertz CT molecular complexity index is 688. The van der Waals surface area contributed by atoms with E-state index in [1.165, 1.54) is 22.5 Å². The molecule has 6 nitrogen and oxygen atoms in total. The number of hydrogen-bond donors (Lipinski definition) is 0. The van der Waals surface area contributed by atoms with Crippen molar-refractivity contribution in [3.05, 3.63) is 29.8 Å². The van der Waals surface area contributed by atoms with Gasteiger partial charge in [0.05, 0.1) is 23.1 Å². The van der Waals surface area contributed by atoms with E-state index < -0.39 is 16.0 Å². The van der Waals surface area contributed by atoms with Gasteiger partial charge in [0.15, 0.2) is 0 Å². The van der Waals surface area contributed by atoms with Crippen molar-refractivity contribution in [1.82, 2.24) is 4.31 Å². The minimum absolute atomic E-state index is 0.117. The quantitative estimate of drug-likeness (QED) is 0.587. The van der Waals surface area contributed by atoms with Gasteiger partial charge < -0.3 is 4.74 Å². The molecule has 1 saturated heterocycles. The minimum Gasteiger partial charge on any atom is -0.462 e. The Morgan fingerprint density at radius 2 is 2.00 bits per heavy atom. The molecule has 0 amide bonds. The molecule has 0 N–H and O–H groups in total. The number of rotatable bonds is 6. The van der Waals surface area contributed by atoms with Crippen molar-refractivity contribution in [2.75, 3.05) is 19.7 Å². The maximum Gasteiger partial charge on any atom is 0.338 e. The summed E-state index contributed by atoms with van der Waals surface area (Å²) in [7, 11) is -3.56. The molecule has 1 heterocycles. The zero-order valence-electron chi connectivity index (χ0n) is 12.9. The van der Waals surface area contributed by atoms with E-state index in [4.69, 9.17) is 10.00 Å². The van der Waals surface area contributed by atoms with Crippen molar-refractivity contribution in [1.29, 1.82) is 5.26 Å². The van der Waals surface area contributed by atoms with Gasteiger partial charge in [-0.05, 0) is 37.5 Å². The number of piperidine rings is 1. The average Bonchev–Trinajstić information content (AvgIpc) is 2.59. The van der Waals surface area contributed by atoms with Crippen LogP contribution < -0.4 is 0 Å². The standard InChI is InChI=1S/C16H20N2O4S/c17-9-2-5-12-22-16(19)14-7-6-8-15(13-14)23(20,21)18-10-3-1-4-11-18/h6-8,13H,1-5,10-12H2. The van der Waals surface area contributed by atoms with Crippen LogP contribution in [0.2, 0.25) is 0 Å².